The smallest absolute Gasteiger partial charge is 0.268 e. The van der Waals surface area contributed by atoms with E-state index < -0.39 is 17.3 Å². The van der Waals surface area contributed by atoms with E-state index in [1.54, 1.807) is 13.8 Å². The average molecular weight is 242 g/mol. The number of methoxy groups -OCH3 is 1. The highest BCUT2D eigenvalue weighted by molar-refractivity contribution is 5.35. The number of hydrogen-bond donors (Lipinski definition) is 2. The topological polar surface area (TPSA) is 79.9 Å². The van der Waals surface area contributed by atoms with E-state index in [4.69, 9.17) is 14.3 Å². The lowest BCUT2D eigenvalue weighted by atomic mass is 10.1. The summed E-state index contributed by atoms with van der Waals surface area (Å²) in [6, 6.07) is 0. The molecule has 17 heavy (non-hydrogen) atoms. The van der Waals surface area contributed by atoms with E-state index in [1.807, 2.05) is 0 Å². The van der Waals surface area contributed by atoms with Crippen LogP contribution in [0.5, 0.6) is 11.5 Å². The Balaban J connectivity index is 2.91. The Hall–Kier alpha value is -1.49. The van der Waals surface area contributed by atoms with Crippen LogP contribution in [0.25, 0.3) is 0 Å². The Labute approximate surface area is 99.7 Å². The summed E-state index contributed by atoms with van der Waals surface area (Å²) in [4.78, 5) is 11.7. The van der Waals surface area contributed by atoms with Gasteiger partial charge in [-0.1, -0.05) is 0 Å². The van der Waals surface area contributed by atoms with Crippen LogP contribution in [0.1, 0.15) is 31.3 Å². The van der Waals surface area contributed by atoms with Crippen molar-refractivity contribution in [2.24, 2.45) is 0 Å². The minimum atomic E-state index is -0.553. The first kappa shape index (κ1) is 13.6. The number of rotatable bonds is 5. The maximum absolute atomic E-state index is 11.7. The number of aliphatic hydroxyl groups excluding tert-OH is 1. The lowest BCUT2D eigenvalue weighted by molar-refractivity contribution is 0.180. The van der Waals surface area contributed by atoms with Gasteiger partial charge in [0, 0.05) is 6.42 Å². The number of hydrogen-bond acceptors (Lipinski definition) is 5. The summed E-state index contributed by atoms with van der Waals surface area (Å²) in [5.41, 5.74) is -0.553. The number of aryl methyl sites for hydroxylation is 2. The van der Waals surface area contributed by atoms with Crippen molar-refractivity contribution in [3.63, 3.8) is 0 Å². The lowest BCUT2D eigenvalue weighted by Gasteiger charge is -2.08. The molecule has 0 aliphatic heterocycles. The number of aromatic hydroxyl groups is 1. The first-order chi connectivity index (χ1) is 7.97. The molecule has 0 spiro atoms. The number of ether oxygens (including phenoxy) is 1. The van der Waals surface area contributed by atoms with Crippen molar-refractivity contribution in [2.45, 2.75) is 39.2 Å². The van der Waals surface area contributed by atoms with Crippen LogP contribution in [-0.2, 0) is 6.42 Å². The largest absolute Gasteiger partial charge is 0.502 e. The maximum atomic E-state index is 11.7. The van der Waals surface area contributed by atoms with Crippen molar-refractivity contribution in [1.82, 2.24) is 0 Å². The third-order valence-electron chi connectivity index (χ3n) is 2.51. The summed E-state index contributed by atoms with van der Waals surface area (Å²) in [5.74, 6) is 0.219. The SMILES string of the molecule is COc1c(C)oc(CCCC(C)O)c(O)c1=O. The van der Waals surface area contributed by atoms with Crippen molar-refractivity contribution in [3.8, 4) is 11.5 Å². The summed E-state index contributed by atoms with van der Waals surface area (Å²) in [6.45, 7) is 3.30. The van der Waals surface area contributed by atoms with Crippen molar-refractivity contribution in [2.75, 3.05) is 7.11 Å². The zero-order chi connectivity index (χ0) is 13.0. The van der Waals surface area contributed by atoms with Crippen molar-refractivity contribution in [3.05, 3.63) is 21.7 Å². The highest BCUT2D eigenvalue weighted by Crippen LogP contribution is 2.22. The van der Waals surface area contributed by atoms with E-state index in [9.17, 15) is 9.90 Å². The molecule has 1 rings (SSSR count). The molecule has 1 aromatic heterocycles. The van der Waals surface area contributed by atoms with Gasteiger partial charge in [0.25, 0.3) is 5.43 Å². The van der Waals surface area contributed by atoms with Gasteiger partial charge in [-0.3, -0.25) is 4.79 Å². The van der Waals surface area contributed by atoms with Crippen molar-refractivity contribution < 1.29 is 19.4 Å². The van der Waals surface area contributed by atoms with Crippen molar-refractivity contribution >= 4 is 0 Å². The zero-order valence-electron chi connectivity index (χ0n) is 10.3. The lowest BCUT2D eigenvalue weighted by Crippen LogP contribution is -2.09. The van der Waals surface area contributed by atoms with E-state index in [-0.39, 0.29) is 11.5 Å². The minimum Gasteiger partial charge on any atom is -0.502 e. The van der Waals surface area contributed by atoms with E-state index >= 15 is 0 Å². The van der Waals surface area contributed by atoms with Gasteiger partial charge in [0.15, 0.2) is 0 Å². The van der Waals surface area contributed by atoms with Crippen LogP contribution < -0.4 is 10.2 Å². The second-order valence-electron chi connectivity index (χ2n) is 4.03. The van der Waals surface area contributed by atoms with Crippen LogP contribution >= 0.6 is 0 Å². The fourth-order valence-electron chi connectivity index (χ4n) is 1.64. The third-order valence-corrected chi connectivity index (χ3v) is 2.51. The third kappa shape index (κ3) is 3.23. The Morgan fingerprint density at radius 1 is 1.47 bits per heavy atom. The first-order valence-corrected chi connectivity index (χ1v) is 5.55. The van der Waals surface area contributed by atoms with E-state index in [2.05, 4.69) is 0 Å². The molecule has 1 heterocycles. The van der Waals surface area contributed by atoms with Gasteiger partial charge in [0.05, 0.1) is 13.2 Å². The number of aliphatic hydroxyl groups is 1. The molecule has 2 N–H and O–H groups in total. The molecular formula is C12H18O5. The molecule has 0 saturated carbocycles. The second kappa shape index (κ2) is 5.72. The molecule has 0 amide bonds. The molecule has 0 aromatic carbocycles. The fraction of sp³-hybridized carbons (Fsp3) is 0.583. The van der Waals surface area contributed by atoms with Gasteiger partial charge < -0.3 is 19.4 Å². The molecule has 5 nitrogen and oxygen atoms in total. The Morgan fingerprint density at radius 2 is 2.12 bits per heavy atom. The fourth-order valence-corrected chi connectivity index (χ4v) is 1.64. The monoisotopic (exact) mass is 242 g/mol. The van der Waals surface area contributed by atoms with Gasteiger partial charge in [0.2, 0.25) is 11.5 Å². The minimum absolute atomic E-state index is 0.0294. The second-order valence-corrected chi connectivity index (χ2v) is 4.03. The molecule has 1 aromatic rings. The summed E-state index contributed by atoms with van der Waals surface area (Å²) >= 11 is 0. The van der Waals surface area contributed by atoms with Gasteiger partial charge in [0.1, 0.15) is 11.5 Å². The van der Waals surface area contributed by atoms with E-state index in [1.165, 1.54) is 7.11 Å². The maximum Gasteiger partial charge on any atom is 0.268 e. The van der Waals surface area contributed by atoms with E-state index in [0.29, 0.717) is 25.0 Å². The predicted molar refractivity (Wildman–Crippen MR) is 62.6 cm³/mol. The molecule has 0 fully saturated rings. The van der Waals surface area contributed by atoms with Crippen LogP contribution in [0.3, 0.4) is 0 Å². The highest BCUT2D eigenvalue weighted by Gasteiger charge is 2.16. The summed E-state index contributed by atoms with van der Waals surface area (Å²) in [7, 11) is 1.35. The zero-order valence-corrected chi connectivity index (χ0v) is 10.3. The van der Waals surface area contributed by atoms with Gasteiger partial charge >= 0.3 is 0 Å². The summed E-state index contributed by atoms with van der Waals surface area (Å²) in [6.07, 6.45) is 1.24. The molecular weight excluding hydrogens is 224 g/mol. The van der Waals surface area contributed by atoms with Crippen LogP contribution in [0.2, 0.25) is 0 Å². The Kier molecular flexibility index (Phi) is 4.57. The van der Waals surface area contributed by atoms with Gasteiger partial charge in [-0.2, -0.15) is 0 Å². The Morgan fingerprint density at radius 3 is 2.65 bits per heavy atom. The molecule has 0 radical (unpaired) electrons. The van der Waals surface area contributed by atoms with E-state index in [0.717, 1.165) is 0 Å². The quantitative estimate of drug-likeness (QED) is 0.815. The van der Waals surface area contributed by atoms with Crippen LogP contribution in [0.4, 0.5) is 0 Å². The molecule has 0 saturated heterocycles. The predicted octanol–water partition coefficient (Wildman–Crippen LogP) is 1.37. The molecule has 5 heteroatoms. The summed E-state index contributed by atoms with van der Waals surface area (Å²) < 4.78 is 10.2. The average Bonchev–Trinajstić information content (AvgIpc) is 2.25. The molecule has 1 atom stereocenters. The molecule has 0 aliphatic rings. The first-order valence-electron chi connectivity index (χ1n) is 5.55. The van der Waals surface area contributed by atoms with Gasteiger partial charge in [-0.05, 0) is 26.7 Å². The summed E-state index contributed by atoms with van der Waals surface area (Å²) in [5, 5.41) is 18.8. The Bertz CT molecular complexity index is 433. The molecule has 1 unspecified atom stereocenters. The molecule has 0 aliphatic carbocycles. The highest BCUT2D eigenvalue weighted by atomic mass is 16.5. The van der Waals surface area contributed by atoms with Crippen LogP contribution in [-0.4, -0.2) is 23.4 Å². The van der Waals surface area contributed by atoms with Crippen LogP contribution in [0.15, 0.2) is 9.21 Å². The van der Waals surface area contributed by atoms with Gasteiger partial charge in [-0.15, -0.1) is 0 Å². The standard InChI is InChI=1S/C12H18O5/c1-7(13)5-4-6-9-10(14)11(15)12(16-3)8(2)17-9/h7,13-14H,4-6H2,1-3H3. The molecule has 96 valence electrons. The van der Waals surface area contributed by atoms with Crippen LogP contribution in [0, 0.1) is 6.92 Å². The van der Waals surface area contributed by atoms with Crippen molar-refractivity contribution in [1.29, 1.82) is 0 Å². The normalized spacial score (nSPS) is 12.5. The molecule has 0 bridgehead atoms. The van der Waals surface area contributed by atoms with Gasteiger partial charge in [-0.25, -0.2) is 0 Å².